The van der Waals surface area contributed by atoms with Gasteiger partial charge in [0.1, 0.15) is 0 Å². The highest BCUT2D eigenvalue weighted by atomic mass is 31.1. The molecular formula is C14H22N3OP. The molecule has 0 spiro atoms. The molecule has 3 N–H and O–H groups in total. The topological polar surface area (TPSA) is 68.0 Å². The monoisotopic (exact) mass is 279 g/mol. The maximum absolute atomic E-state index is 11.1. The van der Waals surface area contributed by atoms with Crippen LogP contribution in [0.3, 0.4) is 0 Å². The molecule has 0 aliphatic carbocycles. The SMILES string of the molecule is CPC(=O)CCCCCN/C=C(\N)c1ccccn1. The van der Waals surface area contributed by atoms with E-state index in [0.717, 1.165) is 37.9 Å². The highest BCUT2D eigenvalue weighted by molar-refractivity contribution is 7.57. The second kappa shape index (κ2) is 9.51. The van der Waals surface area contributed by atoms with E-state index in [4.69, 9.17) is 5.73 Å². The summed E-state index contributed by atoms with van der Waals surface area (Å²) >= 11 is 0. The smallest absolute Gasteiger partial charge is 0.151 e. The van der Waals surface area contributed by atoms with Gasteiger partial charge >= 0.3 is 0 Å². The van der Waals surface area contributed by atoms with Crippen molar-refractivity contribution in [3.8, 4) is 0 Å². The highest BCUT2D eigenvalue weighted by Crippen LogP contribution is 2.11. The van der Waals surface area contributed by atoms with Gasteiger partial charge < -0.3 is 11.1 Å². The lowest BCUT2D eigenvalue weighted by Gasteiger charge is -2.03. The molecular weight excluding hydrogens is 257 g/mol. The average molecular weight is 279 g/mol. The third-order valence-electron chi connectivity index (χ3n) is 2.72. The van der Waals surface area contributed by atoms with Gasteiger partial charge in [0.05, 0.1) is 11.4 Å². The molecule has 5 heteroatoms. The summed E-state index contributed by atoms with van der Waals surface area (Å²) in [5.74, 6) is 0. The minimum atomic E-state index is 0.382. The number of pyridine rings is 1. The minimum Gasteiger partial charge on any atom is -0.396 e. The van der Waals surface area contributed by atoms with Gasteiger partial charge in [-0.05, 0) is 31.6 Å². The summed E-state index contributed by atoms with van der Waals surface area (Å²) in [7, 11) is 0.437. The number of nitrogens with zero attached hydrogens (tertiary/aromatic N) is 1. The van der Waals surface area contributed by atoms with Crippen LogP contribution in [-0.4, -0.2) is 23.7 Å². The van der Waals surface area contributed by atoms with Gasteiger partial charge in [-0.25, -0.2) is 0 Å². The molecule has 1 rings (SSSR count). The van der Waals surface area contributed by atoms with Crippen LogP contribution < -0.4 is 11.1 Å². The summed E-state index contributed by atoms with van der Waals surface area (Å²) in [6, 6.07) is 5.65. The van der Waals surface area contributed by atoms with Gasteiger partial charge in [-0.2, -0.15) is 0 Å². The maximum atomic E-state index is 11.1. The summed E-state index contributed by atoms with van der Waals surface area (Å²) < 4.78 is 0. The zero-order valence-electron chi connectivity index (χ0n) is 11.4. The number of nitrogens with two attached hydrogens (primary N) is 1. The van der Waals surface area contributed by atoms with Crippen LogP contribution in [0.5, 0.6) is 0 Å². The van der Waals surface area contributed by atoms with Gasteiger partial charge in [-0.1, -0.05) is 21.1 Å². The number of carbonyl (C=O) groups excluding carboxylic acids is 1. The van der Waals surface area contributed by atoms with Gasteiger partial charge in [0, 0.05) is 25.4 Å². The fourth-order valence-corrected chi connectivity index (χ4v) is 2.03. The van der Waals surface area contributed by atoms with Crippen molar-refractivity contribution in [2.24, 2.45) is 5.73 Å². The Kier molecular flexibility index (Phi) is 7.83. The normalized spacial score (nSPS) is 11.9. The van der Waals surface area contributed by atoms with Crippen LogP contribution in [0.15, 0.2) is 30.6 Å². The molecule has 0 amide bonds. The Hall–Kier alpha value is -1.41. The van der Waals surface area contributed by atoms with Crippen LogP contribution >= 0.6 is 8.58 Å². The predicted molar refractivity (Wildman–Crippen MR) is 82.1 cm³/mol. The van der Waals surface area contributed by atoms with E-state index in [1.165, 1.54) is 0 Å². The first kappa shape index (κ1) is 15.6. The van der Waals surface area contributed by atoms with Crippen molar-refractivity contribution in [1.29, 1.82) is 0 Å². The number of aromatic nitrogens is 1. The Bertz CT molecular complexity index is 406. The molecule has 1 aromatic rings. The molecule has 104 valence electrons. The number of hydrogen-bond acceptors (Lipinski definition) is 4. The van der Waals surface area contributed by atoms with Crippen LogP contribution in [0.2, 0.25) is 0 Å². The Morgan fingerprint density at radius 3 is 2.95 bits per heavy atom. The third kappa shape index (κ3) is 6.92. The van der Waals surface area contributed by atoms with Crippen molar-refractivity contribution >= 4 is 19.8 Å². The number of hydrogen-bond donors (Lipinski definition) is 2. The summed E-state index contributed by atoms with van der Waals surface area (Å²) in [5.41, 5.74) is 7.69. The molecule has 1 heterocycles. The first-order chi connectivity index (χ1) is 9.24. The first-order valence-corrected chi connectivity index (χ1v) is 8.05. The molecule has 19 heavy (non-hydrogen) atoms. The molecule has 1 atom stereocenters. The summed E-state index contributed by atoms with van der Waals surface area (Å²) in [6.07, 6.45) is 7.34. The van der Waals surface area contributed by atoms with E-state index < -0.39 is 0 Å². The quantitative estimate of drug-likeness (QED) is 0.538. The molecule has 1 aromatic heterocycles. The van der Waals surface area contributed by atoms with Crippen molar-refractivity contribution in [3.63, 3.8) is 0 Å². The van der Waals surface area contributed by atoms with Crippen molar-refractivity contribution in [1.82, 2.24) is 10.3 Å². The summed E-state index contributed by atoms with van der Waals surface area (Å²) in [5, 5.41) is 3.18. The van der Waals surface area contributed by atoms with Crippen molar-refractivity contribution in [3.05, 3.63) is 36.3 Å². The maximum Gasteiger partial charge on any atom is 0.151 e. The molecule has 0 radical (unpaired) electrons. The lowest BCUT2D eigenvalue weighted by atomic mass is 10.2. The van der Waals surface area contributed by atoms with Crippen molar-refractivity contribution in [2.45, 2.75) is 25.7 Å². The van der Waals surface area contributed by atoms with Crippen LogP contribution in [0, 0.1) is 0 Å². The van der Waals surface area contributed by atoms with E-state index >= 15 is 0 Å². The number of unbranched alkanes of at least 4 members (excludes halogenated alkanes) is 2. The second-order valence-electron chi connectivity index (χ2n) is 4.25. The van der Waals surface area contributed by atoms with Gasteiger partial charge in [0.2, 0.25) is 0 Å². The number of nitrogens with one attached hydrogen (secondary N) is 1. The molecule has 0 aromatic carbocycles. The van der Waals surface area contributed by atoms with Crippen LogP contribution in [0.25, 0.3) is 5.70 Å². The second-order valence-corrected chi connectivity index (χ2v) is 5.31. The average Bonchev–Trinajstić information content (AvgIpc) is 2.46. The largest absolute Gasteiger partial charge is 0.396 e. The van der Waals surface area contributed by atoms with Gasteiger partial charge in [0.15, 0.2) is 5.52 Å². The zero-order chi connectivity index (χ0) is 13.9. The van der Waals surface area contributed by atoms with Crippen LogP contribution in [0.1, 0.15) is 31.4 Å². The van der Waals surface area contributed by atoms with Gasteiger partial charge in [-0.15, -0.1) is 0 Å². The molecule has 0 aliphatic rings. The van der Waals surface area contributed by atoms with E-state index in [2.05, 4.69) is 10.3 Å². The molecule has 1 unspecified atom stereocenters. The van der Waals surface area contributed by atoms with E-state index in [1.807, 2.05) is 24.9 Å². The summed E-state index contributed by atoms with van der Waals surface area (Å²) in [6.45, 7) is 2.81. The molecule has 0 saturated carbocycles. The molecule has 4 nitrogen and oxygen atoms in total. The molecule has 0 saturated heterocycles. The molecule has 0 aliphatic heterocycles. The predicted octanol–water partition coefficient (Wildman–Crippen LogP) is 2.32. The first-order valence-electron chi connectivity index (χ1n) is 6.55. The van der Waals surface area contributed by atoms with E-state index in [0.29, 0.717) is 19.8 Å². The van der Waals surface area contributed by atoms with Crippen molar-refractivity contribution < 1.29 is 4.79 Å². The fraction of sp³-hybridized carbons (Fsp3) is 0.429. The molecule has 0 bridgehead atoms. The van der Waals surface area contributed by atoms with Crippen LogP contribution in [-0.2, 0) is 4.79 Å². The number of rotatable bonds is 9. The van der Waals surface area contributed by atoms with Crippen molar-refractivity contribution in [2.75, 3.05) is 13.2 Å². The number of carbonyl (C=O) groups is 1. The Balaban J connectivity index is 2.12. The third-order valence-corrected chi connectivity index (χ3v) is 3.53. The fourth-order valence-electron chi connectivity index (χ4n) is 1.60. The van der Waals surface area contributed by atoms with Crippen LogP contribution in [0.4, 0.5) is 0 Å². The van der Waals surface area contributed by atoms with E-state index in [-0.39, 0.29) is 0 Å². The lowest BCUT2D eigenvalue weighted by Crippen LogP contribution is -2.11. The highest BCUT2D eigenvalue weighted by Gasteiger charge is 1.98. The standard InChI is InChI=1S/C14H22N3OP/c1-19-14(18)8-3-2-5-9-16-11-12(15)13-7-4-6-10-17-13/h4,6-7,10-11,16,19H,2-3,5,8-9,15H2,1H3/b12-11-. The van der Waals surface area contributed by atoms with Gasteiger partial charge in [-0.3, -0.25) is 9.78 Å². The Labute approximate surface area is 116 Å². The zero-order valence-corrected chi connectivity index (χ0v) is 12.4. The van der Waals surface area contributed by atoms with E-state index in [9.17, 15) is 4.79 Å². The minimum absolute atomic E-state index is 0.382. The lowest BCUT2D eigenvalue weighted by molar-refractivity contribution is -0.111. The Morgan fingerprint density at radius 2 is 2.26 bits per heavy atom. The Morgan fingerprint density at radius 1 is 1.42 bits per heavy atom. The molecule has 0 fully saturated rings. The van der Waals surface area contributed by atoms with E-state index in [1.54, 1.807) is 12.4 Å². The van der Waals surface area contributed by atoms with Gasteiger partial charge in [0.25, 0.3) is 0 Å². The summed E-state index contributed by atoms with van der Waals surface area (Å²) in [4.78, 5) is 15.3.